The minimum atomic E-state index is -0.390. The Kier molecular flexibility index (Phi) is 4.94. The van der Waals surface area contributed by atoms with Crippen LogP contribution in [0.2, 0.25) is 0 Å². The summed E-state index contributed by atoms with van der Waals surface area (Å²) >= 11 is 0. The number of nitrogens with zero attached hydrogens (tertiary/aromatic N) is 1. The zero-order chi connectivity index (χ0) is 16.4. The van der Waals surface area contributed by atoms with E-state index in [1.165, 1.54) is 12.1 Å². The van der Waals surface area contributed by atoms with Gasteiger partial charge in [-0.15, -0.1) is 0 Å². The van der Waals surface area contributed by atoms with Crippen molar-refractivity contribution in [1.29, 1.82) is 0 Å². The molecule has 0 bridgehead atoms. The SMILES string of the molecule is Cc1cc(F)cc(C(=O)N[C@H]2C[C@H]3CO[C@@H](CCO)CN3C2)c1. The number of aliphatic hydroxyl groups is 1. The molecule has 0 radical (unpaired) electrons. The van der Waals surface area contributed by atoms with E-state index in [0.29, 0.717) is 24.6 Å². The number of ether oxygens (including phenoxy) is 1. The van der Waals surface area contributed by atoms with E-state index in [0.717, 1.165) is 25.1 Å². The van der Waals surface area contributed by atoms with Crippen molar-refractivity contribution in [2.45, 2.75) is 38.0 Å². The maximum atomic E-state index is 13.4. The van der Waals surface area contributed by atoms with Gasteiger partial charge in [0.2, 0.25) is 0 Å². The molecular weight excluding hydrogens is 299 g/mol. The maximum Gasteiger partial charge on any atom is 0.251 e. The Morgan fingerprint density at radius 2 is 2.26 bits per heavy atom. The molecule has 1 amide bonds. The van der Waals surface area contributed by atoms with Crippen molar-refractivity contribution in [3.05, 3.63) is 35.1 Å². The molecule has 0 unspecified atom stereocenters. The van der Waals surface area contributed by atoms with Crippen LogP contribution in [0, 0.1) is 12.7 Å². The first-order chi connectivity index (χ1) is 11.0. The van der Waals surface area contributed by atoms with Crippen molar-refractivity contribution >= 4 is 5.91 Å². The van der Waals surface area contributed by atoms with Gasteiger partial charge in [-0.1, -0.05) is 0 Å². The number of hydrogen-bond donors (Lipinski definition) is 2. The highest BCUT2D eigenvalue weighted by molar-refractivity contribution is 5.94. The van der Waals surface area contributed by atoms with Gasteiger partial charge in [-0.25, -0.2) is 4.39 Å². The van der Waals surface area contributed by atoms with Crippen LogP contribution >= 0.6 is 0 Å². The molecule has 0 spiro atoms. The van der Waals surface area contributed by atoms with E-state index in [1.807, 2.05) is 0 Å². The Morgan fingerprint density at radius 1 is 1.43 bits per heavy atom. The van der Waals surface area contributed by atoms with E-state index in [4.69, 9.17) is 9.84 Å². The van der Waals surface area contributed by atoms with Crippen LogP contribution in [0.25, 0.3) is 0 Å². The van der Waals surface area contributed by atoms with Crippen molar-refractivity contribution in [2.24, 2.45) is 0 Å². The minimum absolute atomic E-state index is 0.0487. The molecule has 2 saturated heterocycles. The highest BCUT2D eigenvalue weighted by Gasteiger charge is 2.37. The normalized spacial score (nSPS) is 27.7. The van der Waals surface area contributed by atoms with Crippen LogP contribution in [0.5, 0.6) is 0 Å². The summed E-state index contributed by atoms with van der Waals surface area (Å²) in [6, 6.07) is 4.73. The Morgan fingerprint density at radius 3 is 3.00 bits per heavy atom. The second-order valence-corrected chi connectivity index (χ2v) is 6.50. The van der Waals surface area contributed by atoms with E-state index in [-0.39, 0.29) is 30.5 Å². The smallest absolute Gasteiger partial charge is 0.251 e. The van der Waals surface area contributed by atoms with Gasteiger partial charge in [-0.3, -0.25) is 9.69 Å². The topological polar surface area (TPSA) is 61.8 Å². The lowest BCUT2D eigenvalue weighted by atomic mass is 10.1. The summed E-state index contributed by atoms with van der Waals surface area (Å²) in [5, 5.41) is 12.0. The summed E-state index contributed by atoms with van der Waals surface area (Å²) in [4.78, 5) is 14.6. The third-order valence-corrected chi connectivity index (χ3v) is 4.58. The zero-order valence-electron chi connectivity index (χ0n) is 13.3. The number of hydrogen-bond acceptors (Lipinski definition) is 4. The molecule has 2 aliphatic rings. The number of halogens is 1. The van der Waals surface area contributed by atoms with Crippen LogP contribution in [0.3, 0.4) is 0 Å². The molecule has 0 aromatic heterocycles. The molecule has 0 aliphatic carbocycles. The summed E-state index contributed by atoms with van der Waals surface area (Å²) in [5.74, 6) is -0.621. The van der Waals surface area contributed by atoms with Crippen LogP contribution in [0.4, 0.5) is 4.39 Å². The molecule has 2 fully saturated rings. The molecule has 2 heterocycles. The first-order valence-electron chi connectivity index (χ1n) is 8.09. The molecule has 23 heavy (non-hydrogen) atoms. The standard InChI is InChI=1S/C17H23FN2O3/c1-11-4-12(6-13(18)5-11)17(22)19-14-7-15-10-23-16(2-3-21)9-20(15)8-14/h4-6,14-16,21H,2-3,7-10H2,1H3,(H,19,22)/t14-,15-,16-/m0/s1. The van der Waals surface area contributed by atoms with Gasteiger partial charge >= 0.3 is 0 Å². The lowest BCUT2D eigenvalue weighted by Gasteiger charge is -2.34. The van der Waals surface area contributed by atoms with Crippen LogP contribution < -0.4 is 5.32 Å². The van der Waals surface area contributed by atoms with Crippen molar-refractivity contribution < 1.29 is 19.0 Å². The molecule has 2 N–H and O–H groups in total. The summed E-state index contributed by atoms with van der Waals surface area (Å²) in [7, 11) is 0. The fourth-order valence-corrected chi connectivity index (χ4v) is 3.50. The van der Waals surface area contributed by atoms with Crippen LogP contribution in [-0.2, 0) is 4.74 Å². The fourth-order valence-electron chi connectivity index (χ4n) is 3.50. The van der Waals surface area contributed by atoms with E-state index < -0.39 is 0 Å². The number of benzene rings is 1. The Bertz CT molecular complexity index is 561. The monoisotopic (exact) mass is 322 g/mol. The average molecular weight is 322 g/mol. The molecule has 126 valence electrons. The van der Waals surface area contributed by atoms with Crippen LogP contribution in [0.15, 0.2) is 18.2 Å². The van der Waals surface area contributed by atoms with Gasteiger partial charge in [-0.2, -0.15) is 0 Å². The van der Waals surface area contributed by atoms with Gasteiger partial charge < -0.3 is 15.2 Å². The molecule has 5 nitrogen and oxygen atoms in total. The van der Waals surface area contributed by atoms with E-state index >= 15 is 0 Å². The van der Waals surface area contributed by atoms with Crippen molar-refractivity contribution in [3.8, 4) is 0 Å². The second-order valence-electron chi connectivity index (χ2n) is 6.50. The number of aliphatic hydroxyl groups excluding tert-OH is 1. The molecule has 1 aromatic carbocycles. The lowest BCUT2D eigenvalue weighted by molar-refractivity contribution is -0.0566. The van der Waals surface area contributed by atoms with Crippen LogP contribution in [0.1, 0.15) is 28.8 Å². The Labute approximate surface area is 135 Å². The largest absolute Gasteiger partial charge is 0.396 e. The summed E-state index contributed by atoms with van der Waals surface area (Å²) in [6.07, 6.45) is 1.55. The summed E-state index contributed by atoms with van der Waals surface area (Å²) in [6.45, 7) is 4.10. The lowest BCUT2D eigenvalue weighted by Crippen LogP contribution is -2.46. The highest BCUT2D eigenvalue weighted by atomic mass is 19.1. The highest BCUT2D eigenvalue weighted by Crippen LogP contribution is 2.24. The number of amides is 1. The number of carbonyl (C=O) groups excluding carboxylic acids is 1. The van der Waals surface area contributed by atoms with Crippen molar-refractivity contribution in [3.63, 3.8) is 0 Å². The molecule has 1 aromatic rings. The van der Waals surface area contributed by atoms with E-state index in [2.05, 4.69) is 10.2 Å². The van der Waals surface area contributed by atoms with Crippen molar-refractivity contribution in [2.75, 3.05) is 26.3 Å². The van der Waals surface area contributed by atoms with Gasteiger partial charge in [0.05, 0.1) is 12.7 Å². The Balaban J connectivity index is 1.58. The van der Waals surface area contributed by atoms with Gasteiger partial charge in [0.1, 0.15) is 5.82 Å². The van der Waals surface area contributed by atoms with Gasteiger partial charge in [0.25, 0.3) is 5.91 Å². The number of fused-ring (bicyclic) bond motifs is 1. The average Bonchev–Trinajstić information content (AvgIpc) is 2.88. The van der Waals surface area contributed by atoms with Gasteiger partial charge in [0.15, 0.2) is 0 Å². The van der Waals surface area contributed by atoms with Gasteiger partial charge in [0, 0.05) is 37.3 Å². The van der Waals surface area contributed by atoms with E-state index in [1.54, 1.807) is 13.0 Å². The zero-order valence-corrected chi connectivity index (χ0v) is 13.3. The predicted molar refractivity (Wildman–Crippen MR) is 83.8 cm³/mol. The third-order valence-electron chi connectivity index (χ3n) is 4.58. The minimum Gasteiger partial charge on any atom is -0.396 e. The van der Waals surface area contributed by atoms with Crippen LogP contribution in [-0.4, -0.2) is 60.4 Å². The first kappa shape index (κ1) is 16.4. The predicted octanol–water partition coefficient (Wildman–Crippen LogP) is 1.09. The second kappa shape index (κ2) is 6.95. The molecule has 2 aliphatic heterocycles. The number of rotatable bonds is 4. The fraction of sp³-hybridized carbons (Fsp3) is 0.588. The molecule has 3 rings (SSSR count). The van der Waals surface area contributed by atoms with Crippen molar-refractivity contribution in [1.82, 2.24) is 10.2 Å². The molecule has 0 saturated carbocycles. The molecule has 3 atom stereocenters. The van der Waals surface area contributed by atoms with E-state index in [9.17, 15) is 9.18 Å². The molecular formula is C17H23FN2O3. The number of carbonyl (C=O) groups is 1. The maximum absolute atomic E-state index is 13.4. The number of morpholine rings is 1. The quantitative estimate of drug-likeness (QED) is 0.871. The summed E-state index contributed by atoms with van der Waals surface area (Å²) < 4.78 is 19.2. The summed E-state index contributed by atoms with van der Waals surface area (Å²) in [5.41, 5.74) is 1.10. The first-order valence-corrected chi connectivity index (χ1v) is 8.09. The molecule has 6 heteroatoms. The van der Waals surface area contributed by atoms with Gasteiger partial charge in [-0.05, 0) is 43.5 Å². The Hall–Kier alpha value is -1.50. The third kappa shape index (κ3) is 3.88. The number of nitrogens with one attached hydrogen (secondary N) is 1. The number of aryl methyl sites for hydroxylation is 1.